The molecule has 0 radical (unpaired) electrons. The number of thiophene rings is 1. The highest BCUT2D eigenvalue weighted by atomic mass is 32.2. The molecule has 2 rings (SSSR count). The molecule has 1 aromatic heterocycles. The lowest BCUT2D eigenvalue weighted by atomic mass is 10.2. The van der Waals surface area contributed by atoms with Gasteiger partial charge in [-0.15, -0.1) is 16.2 Å². The Morgan fingerprint density at radius 2 is 1.80 bits per heavy atom. The van der Waals surface area contributed by atoms with E-state index in [1.807, 2.05) is 18.7 Å². The Bertz CT molecular complexity index is 1010. The van der Waals surface area contributed by atoms with Crippen LogP contribution in [0.2, 0.25) is 0 Å². The van der Waals surface area contributed by atoms with Crippen LogP contribution in [0.25, 0.3) is 0 Å². The summed E-state index contributed by atoms with van der Waals surface area (Å²) < 4.78 is 47.1. The Morgan fingerprint density at radius 1 is 1.16 bits per heavy atom. The lowest BCUT2D eigenvalue weighted by Gasteiger charge is -2.08. The summed E-state index contributed by atoms with van der Waals surface area (Å²) in [7, 11) is -8.20. The van der Waals surface area contributed by atoms with Crippen molar-refractivity contribution in [3.63, 3.8) is 0 Å². The fraction of sp³-hybridized carbons (Fsp3) is 0.214. The van der Waals surface area contributed by atoms with Crippen LogP contribution < -0.4 is 15.4 Å². The topological polar surface area (TPSA) is 135 Å². The van der Waals surface area contributed by atoms with E-state index in [9.17, 15) is 21.6 Å². The third kappa shape index (κ3) is 4.64. The average Bonchev–Trinajstić information content (AvgIpc) is 2.93. The van der Waals surface area contributed by atoms with Gasteiger partial charge in [0.1, 0.15) is 0 Å². The maximum atomic E-state index is 12.2. The van der Waals surface area contributed by atoms with E-state index in [1.54, 1.807) is 6.07 Å². The first-order chi connectivity index (χ1) is 11.5. The second kappa shape index (κ2) is 7.22. The molecule has 11 heteroatoms. The number of amides is 1. The van der Waals surface area contributed by atoms with E-state index in [0.717, 1.165) is 22.9 Å². The van der Waals surface area contributed by atoms with Crippen LogP contribution in [0.5, 0.6) is 0 Å². The molecular formula is C14H17N3O5S3. The number of carbonyl (C=O) groups is 1. The number of benzene rings is 1. The van der Waals surface area contributed by atoms with E-state index in [4.69, 9.17) is 5.14 Å². The molecule has 1 aromatic carbocycles. The van der Waals surface area contributed by atoms with E-state index < -0.39 is 26.0 Å². The molecule has 136 valence electrons. The Balaban J connectivity index is 2.17. The van der Waals surface area contributed by atoms with Gasteiger partial charge in [-0.1, -0.05) is 13.0 Å². The number of primary sulfonamides is 1. The number of sulfonamides is 2. The predicted molar refractivity (Wildman–Crippen MR) is 94.0 cm³/mol. The molecule has 0 bridgehead atoms. The lowest BCUT2D eigenvalue weighted by molar-refractivity contribution is 0.0949. The molecule has 0 fully saturated rings. The summed E-state index contributed by atoms with van der Waals surface area (Å²) in [5, 5.41) is 4.99. The summed E-state index contributed by atoms with van der Waals surface area (Å²) in [6.07, 6.45) is 0.774. The normalized spacial score (nSPS) is 12.1. The van der Waals surface area contributed by atoms with Crippen molar-refractivity contribution in [3.05, 3.63) is 45.6 Å². The Morgan fingerprint density at radius 3 is 2.36 bits per heavy atom. The Kier molecular flexibility index (Phi) is 5.64. The van der Waals surface area contributed by atoms with E-state index >= 15 is 0 Å². The van der Waals surface area contributed by atoms with Crippen LogP contribution in [-0.4, -0.2) is 22.7 Å². The molecule has 1 amide bonds. The molecular weight excluding hydrogens is 386 g/mol. The van der Waals surface area contributed by atoms with Crippen molar-refractivity contribution < 1.29 is 21.6 Å². The molecule has 4 N–H and O–H groups in total. The highest BCUT2D eigenvalue weighted by Gasteiger charge is 2.19. The minimum Gasteiger partial charge on any atom is -0.273 e. The van der Waals surface area contributed by atoms with Crippen molar-refractivity contribution >= 4 is 37.3 Å². The minimum atomic E-state index is -4.15. The van der Waals surface area contributed by atoms with Crippen LogP contribution in [-0.2, 0) is 26.5 Å². The number of carbonyl (C=O) groups excluding carboxylic acids is 1. The highest BCUT2D eigenvalue weighted by molar-refractivity contribution is 7.90. The van der Waals surface area contributed by atoms with Crippen molar-refractivity contribution in [3.8, 4) is 0 Å². The summed E-state index contributed by atoms with van der Waals surface area (Å²) in [6, 6.07) is 6.19. The molecule has 0 aliphatic heterocycles. The SMILES string of the molecule is CCc1sc(C(=O)NNS(=O)(=O)c2cccc(S(N)(=O)=O)c2)cc1C. The van der Waals surface area contributed by atoms with Crippen LogP contribution in [0, 0.1) is 6.92 Å². The predicted octanol–water partition coefficient (Wildman–Crippen LogP) is 0.890. The second-order valence-electron chi connectivity index (χ2n) is 5.15. The summed E-state index contributed by atoms with van der Waals surface area (Å²) in [5.74, 6) is -0.598. The zero-order valence-corrected chi connectivity index (χ0v) is 15.9. The Labute approximate surface area is 150 Å². The van der Waals surface area contributed by atoms with Crippen molar-refractivity contribution in [1.82, 2.24) is 10.3 Å². The van der Waals surface area contributed by atoms with Gasteiger partial charge in [0.2, 0.25) is 10.0 Å². The van der Waals surface area contributed by atoms with Crippen LogP contribution in [0.1, 0.15) is 27.0 Å². The third-order valence-corrected chi connectivity index (χ3v) is 6.85. The van der Waals surface area contributed by atoms with Crippen molar-refractivity contribution in [2.45, 2.75) is 30.1 Å². The minimum absolute atomic E-state index is 0.337. The first-order valence-corrected chi connectivity index (χ1v) is 10.9. The quantitative estimate of drug-likeness (QED) is 0.616. The second-order valence-corrected chi connectivity index (χ2v) is 9.53. The van der Waals surface area contributed by atoms with Crippen LogP contribution in [0.4, 0.5) is 0 Å². The van der Waals surface area contributed by atoms with Gasteiger partial charge in [-0.05, 0) is 43.2 Å². The number of nitrogens with one attached hydrogen (secondary N) is 2. The molecule has 0 aliphatic rings. The van der Waals surface area contributed by atoms with Gasteiger partial charge >= 0.3 is 0 Å². The summed E-state index contributed by atoms with van der Waals surface area (Å²) >= 11 is 1.28. The smallest absolute Gasteiger partial charge is 0.273 e. The van der Waals surface area contributed by atoms with Crippen LogP contribution in [0.3, 0.4) is 0 Å². The van der Waals surface area contributed by atoms with Crippen LogP contribution >= 0.6 is 11.3 Å². The van der Waals surface area contributed by atoms with Gasteiger partial charge < -0.3 is 0 Å². The lowest BCUT2D eigenvalue weighted by Crippen LogP contribution is -2.41. The first-order valence-electron chi connectivity index (χ1n) is 7.09. The molecule has 0 saturated heterocycles. The van der Waals surface area contributed by atoms with E-state index in [0.29, 0.717) is 4.88 Å². The van der Waals surface area contributed by atoms with Crippen molar-refractivity contribution in [1.29, 1.82) is 0 Å². The molecule has 0 aliphatic carbocycles. The first kappa shape index (κ1) is 19.5. The van der Waals surface area contributed by atoms with Crippen molar-refractivity contribution in [2.75, 3.05) is 0 Å². The molecule has 0 atom stereocenters. The molecule has 0 unspecified atom stereocenters. The standard InChI is InChI=1S/C14H17N3O5S3/c1-3-12-9(2)7-13(23-12)14(18)16-17-25(21,22)11-6-4-5-10(8-11)24(15,19)20/h4-8,17H,3H2,1-2H3,(H,16,18)(H2,15,19,20). The van der Waals surface area contributed by atoms with E-state index in [-0.39, 0.29) is 9.79 Å². The summed E-state index contributed by atoms with van der Waals surface area (Å²) in [4.78, 5) is 14.8. The highest BCUT2D eigenvalue weighted by Crippen LogP contribution is 2.22. The van der Waals surface area contributed by atoms with Gasteiger partial charge in [-0.3, -0.25) is 10.2 Å². The number of hydrazine groups is 1. The van der Waals surface area contributed by atoms with Gasteiger partial charge in [-0.25, -0.2) is 22.0 Å². The number of nitrogens with two attached hydrogens (primary N) is 1. The van der Waals surface area contributed by atoms with Gasteiger partial charge in [0.15, 0.2) is 0 Å². The molecule has 0 saturated carbocycles. The molecule has 8 nitrogen and oxygen atoms in total. The fourth-order valence-electron chi connectivity index (χ4n) is 2.04. The monoisotopic (exact) mass is 403 g/mol. The van der Waals surface area contributed by atoms with Gasteiger partial charge in [0.05, 0.1) is 14.7 Å². The summed E-state index contributed by atoms with van der Waals surface area (Å²) in [6.45, 7) is 3.83. The third-order valence-electron chi connectivity index (χ3n) is 3.31. The molecule has 2 aromatic rings. The van der Waals surface area contributed by atoms with E-state index in [2.05, 4.69) is 5.43 Å². The van der Waals surface area contributed by atoms with Gasteiger partial charge in [0, 0.05) is 4.88 Å². The van der Waals surface area contributed by atoms with Gasteiger partial charge in [0.25, 0.3) is 15.9 Å². The zero-order chi connectivity index (χ0) is 18.8. The number of hydrogen-bond acceptors (Lipinski definition) is 6. The largest absolute Gasteiger partial charge is 0.276 e. The maximum absolute atomic E-state index is 12.2. The summed E-state index contributed by atoms with van der Waals surface area (Å²) in [5.41, 5.74) is 3.07. The fourth-order valence-corrected chi connectivity index (χ4v) is 4.56. The van der Waals surface area contributed by atoms with E-state index in [1.165, 1.54) is 29.5 Å². The average molecular weight is 404 g/mol. The number of rotatable bonds is 6. The Hall–Kier alpha value is -1.79. The molecule has 25 heavy (non-hydrogen) atoms. The number of hydrogen-bond donors (Lipinski definition) is 3. The zero-order valence-electron chi connectivity index (χ0n) is 13.4. The molecule has 0 spiro atoms. The molecule has 1 heterocycles. The van der Waals surface area contributed by atoms with Crippen LogP contribution in [0.15, 0.2) is 40.1 Å². The van der Waals surface area contributed by atoms with Gasteiger partial charge in [-0.2, -0.15) is 0 Å². The maximum Gasteiger partial charge on any atom is 0.276 e. The van der Waals surface area contributed by atoms with Crippen molar-refractivity contribution in [2.24, 2.45) is 5.14 Å². The number of aryl methyl sites for hydroxylation is 2.